The van der Waals surface area contributed by atoms with E-state index in [-0.39, 0.29) is 5.60 Å². The molecule has 0 radical (unpaired) electrons. The summed E-state index contributed by atoms with van der Waals surface area (Å²) in [6.07, 6.45) is 12.4. The number of hydrogen-bond donors (Lipinski definition) is 3. The highest BCUT2D eigenvalue weighted by Crippen LogP contribution is 2.44. The smallest absolute Gasteiger partial charge is 0.267 e. The minimum atomic E-state index is -0.598. The third-order valence-corrected chi connectivity index (χ3v) is 5.58. The van der Waals surface area contributed by atoms with Gasteiger partial charge in [-0.1, -0.05) is 0 Å². The summed E-state index contributed by atoms with van der Waals surface area (Å²) in [6.45, 7) is 3.12. The Hall–Kier alpha value is -2.03. The molecule has 0 spiro atoms. The minimum Gasteiger partial charge on any atom is -0.370 e. The average Bonchev–Trinajstić information content (AvgIpc) is 3.37. The van der Waals surface area contributed by atoms with Crippen molar-refractivity contribution in [1.82, 2.24) is 20.3 Å². The van der Waals surface area contributed by atoms with Crippen molar-refractivity contribution in [3.05, 3.63) is 24.2 Å². The standard InChI is InChI=1S/C18H25N5O3/c24-17(22-25)2-1-13-9-20-16(10-19-13)21-14-5-8-23(11-14)12-18-6-3-15(26-18)4-7-18/h1-2,9-10,14-15,25H,3-8,11-12H2,(H,20,21)(H,22,24)/t14-,15?,18?/m1/s1. The maximum atomic E-state index is 11.0. The largest absolute Gasteiger partial charge is 0.370 e. The van der Waals surface area contributed by atoms with E-state index in [1.807, 2.05) is 0 Å². The Balaban J connectivity index is 1.27. The van der Waals surface area contributed by atoms with Gasteiger partial charge >= 0.3 is 0 Å². The van der Waals surface area contributed by atoms with Crippen LogP contribution in [-0.4, -0.2) is 63.4 Å². The van der Waals surface area contributed by atoms with Crippen LogP contribution in [0, 0.1) is 0 Å². The first-order valence-electron chi connectivity index (χ1n) is 9.25. The number of rotatable bonds is 6. The molecule has 0 saturated carbocycles. The molecule has 3 aliphatic heterocycles. The number of aromatic nitrogens is 2. The van der Waals surface area contributed by atoms with E-state index in [9.17, 15) is 4.79 Å². The number of amides is 1. The Kier molecular flexibility index (Phi) is 4.88. The van der Waals surface area contributed by atoms with Crippen LogP contribution in [0.15, 0.2) is 18.5 Å². The van der Waals surface area contributed by atoms with Crippen molar-refractivity contribution in [1.29, 1.82) is 0 Å². The van der Waals surface area contributed by atoms with Gasteiger partial charge in [0, 0.05) is 31.8 Å². The van der Waals surface area contributed by atoms with Gasteiger partial charge in [-0.3, -0.25) is 19.9 Å². The second kappa shape index (κ2) is 7.30. The monoisotopic (exact) mass is 359 g/mol. The quantitative estimate of drug-likeness (QED) is 0.399. The highest BCUT2D eigenvalue weighted by Gasteiger charge is 2.47. The van der Waals surface area contributed by atoms with Crippen LogP contribution in [-0.2, 0) is 9.53 Å². The SMILES string of the molecule is O=C(C=Cc1cnc(N[C@@H]2CCN(CC34CCC(CC3)O4)C2)cn1)NO. The van der Waals surface area contributed by atoms with Crippen molar-refractivity contribution >= 4 is 17.8 Å². The lowest BCUT2D eigenvalue weighted by Gasteiger charge is -2.30. The van der Waals surface area contributed by atoms with Crippen molar-refractivity contribution < 1.29 is 14.7 Å². The predicted molar refractivity (Wildman–Crippen MR) is 95.5 cm³/mol. The molecule has 8 heteroatoms. The van der Waals surface area contributed by atoms with Gasteiger partial charge in [0.15, 0.2) is 0 Å². The van der Waals surface area contributed by atoms with Gasteiger partial charge in [-0.2, -0.15) is 0 Å². The van der Waals surface area contributed by atoms with E-state index in [2.05, 4.69) is 20.2 Å². The fourth-order valence-electron chi connectivity index (χ4n) is 4.31. The first kappa shape index (κ1) is 17.4. The number of nitrogens with one attached hydrogen (secondary N) is 2. The molecular weight excluding hydrogens is 334 g/mol. The molecule has 0 unspecified atom stereocenters. The Labute approximate surface area is 152 Å². The maximum absolute atomic E-state index is 11.0. The van der Waals surface area contributed by atoms with Crippen LogP contribution in [0.3, 0.4) is 0 Å². The van der Waals surface area contributed by atoms with E-state index < -0.39 is 5.91 Å². The molecule has 3 N–H and O–H groups in total. The third kappa shape index (κ3) is 3.87. The summed E-state index contributed by atoms with van der Waals surface area (Å²) >= 11 is 0. The molecule has 4 rings (SSSR count). The van der Waals surface area contributed by atoms with Gasteiger partial charge in [-0.05, 0) is 38.2 Å². The van der Waals surface area contributed by atoms with Crippen molar-refractivity contribution in [2.45, 2.75) is 49.9 Å². The molecule has 0 aliphatic carbocycles. The Morgan fingerprint density at radius 1 is 1.35 bits per heavy atom. The molecule has 3 aliphatic rings. The number of fused-ring (bicyclic) bond motifs is 2. The van der Waals surface area contributed by atoms with Crippen LogP contribution in [0.2, 0.25) is 0 Å². The number of hydrogen-bond acceptors (Lipinski definition) is 7. The number of nitrogens with zero attached hydrogens (tertiary/aromatic N) is 3. The van der Waals surface area contributed by atoms with Crippen LogP contribution >= 0.6 is 0 Å². The van der Waals surface area contributed by atoms with Gasteiger partial charge in [-0.25, -0.2) is 10.5 Å². The molecule has 8 nitrogen and oxygen atoms in total. The number of ether oxygens (including phenoxy) is 1. The summed E-state index contributed by atoms with van der Waals surface area (Å²) in [5, 5.41) is 11.9. The second-order valence-electron chi connectivity index (χ2n) is 7.50. The summed E-state index contributed by atoms with van der Waals surface area (Å²) in [7, 11) is 0. The maximum Gasteiger partial charge on any atom is 0.267 e. The molecule has 3 saturated heterocycles. The molecule has 140 valence electrons. The summed E-state index contributed by atoms with van der Waals surface area (Å²) in [4.78, 5) is 22.1. The molecule has 1 aromatic rings. The van der Waals surface area contributed by atoms with E-state index in [0.717, 1.165) is 31.9 Å². The first-order valence-corrected chi connectivity index (χ1v) is 9.25. The lowest BCUT2D eigenvalue weighted by Crippen LogP contribution is -2.41. The number of hydroxylamine groups is 1. The van der Waals surface area contributed by atoms with Crippen molar-refractivity contribution in [2.24, 2.45) is 0 Å². The van der Waals surface area contributed by atoms with Crippen LogP contribution < -0.4 is 10.8 Å². The fourth-order valence-corrected chi connectivity index (χ4v) is 4.31. The van der Waals surface area contributed by atoms with E-state index in [0.29, 0.717) is 17.8 Å². The van der Waals surface area contributed by atoms with Gasteiger partial charge in [-0.15, -0.1) is 0 Å². The number of carbonyl (C=O) groups excluding carboxylic acids is 1. The zero-order chi connectivity index (χ0) is 18.0. The molecule has 4 heterocycles. The number of likely N-dealkylation sites (tertiary alicyclic amines) is 1. The minimum absolute atomic E-state index is 0.119. The number of anilines is 1. The van der Waals surface area contributed by atoms with Gasteiger partial charge in [0.2, 0.25) is 0 Å². The highest BCUT2D eigenvalue weighted by atomic mass is 16.5. The third-order valence-electron chi connectivity index (χ3n) is 5.58. The number of carbonyl (C=O) groups is 1. The zero-order valence-corrected chi connectivity index (χ0v) is 14.7. The molecular formula is C18H25N5O3. The van der Waals surface area contributed by atoms with Gasteiger partial charge in [0.25, 0.3) is 5.91 Å². The van der Waals surface area contributed by atoms with Gasteiger partial charge in [0.1, 0.15) is 5.82 Å². The molecule has 1 atom stereocenters. The molecule has 3 fully saturated rings. The molecule has 26 heavy (non-hydrogen) atoms. The lowest BCUT2D eigenvalue weighted by molar-refractivity contribution is -0.124. The Morgan fingerprint density at radius 2 is 2.19 bits per heavy atom. The fraction of sp³-hybridized carbons (Fsp3) is 0.611. The van der Waals surface area contributed by atoms with E-state index in [1.165, 1.54) is 43.3 Å². The molecule has 0 aromatic carbocycles. The normalized spacial score (nSPS) is 31.0. The first-order chi connectivity index (χ1) is 12.6. The second-order valence-corrected chi connectivity index (χ2v) is 7.50. The van der Waals surface area contributed by atoms with Crippen LogP contribution in [0.4, 0.5) is 5.82 Å². The molecule has 2 bridgehead atoms. The van der Waals surface area contributed by atoms with E-state index >= 15 is 0 Å². The molecule has 1 aromatic heterocycles. The van der Waals surface area contributed by atoms with Crippen molar-refractivity contribution in [3.63, 3.8) is 0 Å². The Bertz CT molecular complexity index is 670. The summed E-state index contributed by atoms with van der Waals surface area (Å²) in [6, 6.07) is 0.362. The van der Waals surface area contributed by atoms with Crippen molar-refractivity contribution in [2.75, 3.05) is 25.0 Å². The summed E-state index contributed by atoms with van der Waals surface area (Å²) in [5.41, 5.74) is 2.21. The van der Waals surface area contributed by atoms with Gasteiger partial charge < -0.3 is 10.1 Å². The zero-order valence-electron chi connectivity index (χ0n) is 14.7. The molecule has 1 amide bonds. The highest BCUT2D eigenvalue weighted by molar-refractivity contribution is 5.90. The Morgan fingerprint density at radius 3 is 2.85 bits per heavy atom. The average molecular weight is 359 g/mol. The van der Waals surface area contributed by atoms with E-state index in [1.54, 1.807) is 12.4 Å². The summed E-state index contributed by atoms with van der Waals surface area (Å²) in [5.74, 6) is 0.135. The van der Waals surface area contributed by atoms with Crippen LogP contribution in [0.1, 0.15) is 37.8 Å². The van der Waals surface area contributed by atoms with Crippen LogP contribution in [0.5, 0.6) is 0 Å². The predicted octanol–water partition coefficient (Wildman–Crippen LogP) is 1.19. The van der Waals surface area contributed by atoms with E-state index in [4.69, 9.17) is 9.94 Å². The summed E-state index contributed by atoms with van der Waals surface area (Å²) < 4.78 is 6.20. The van der Waals surface area contributed by atoms with Gasteiger partial charge in [0.05, 0.1) is 29.8 Å². The van der Waals surface area contributed by atoms with Crippen molar-refractivity contribution in [3.8, 4) is 0 Å². The topological polar surface area (TPSA) is 99.6 Å². The lowest BCUT2D eigenvalue weighted by atomic mass is 9.88. The van der Waals surface area contributed by atoms with Crippen LogP contribution in [0.25, 0.3) is 6.08 Å².